The van der Waals surface area contributed by atoms with Gasteiger partial charge in [0.05, 0.1) is 10.6 Å². The fourth-order valence-electron chi connectivity index (χ4n) is 4.70. The summed E-state index contributed by atoms with van der Waals surface area (Å²) < 4.78 is 0. The van der Waals surface area contributed by atoms with Crippen LogP contribution in [0.1, 0.15) is 48.2 Å². The van der Waals surface area contributed by atoms with Gasteiger partial charge in [0.1, 0.15) is 0 Å². The molecule has 0 unspecified atom stereocenters. The summed E-state index contributed by atoms with van der Waals surface area (Å²) in [5, 5.41) is 5.97. The Hall–Kier alpha value is -2.57. The zero-order valence-corrected chi connectivity index (χ0v) is 20.5. The van der Waals surface area contributed by atoms with Crippen molar-refractivity contribution in [2.24, 2.45) is 11.8 Å². The van der Waals surface area contributed by atoms with E-state index in [4.69, 9.17) is 0 Å². The molecule has 5 nitrogen and oxygen atoms in total. The Balaban J connectivity index is 1.32. The standard InChI is InChI=1S/C27H33N3O2S/c1-18-5-7-21(8-6-18)14-25-27(32)29-23-15-22(9-10-24(23)33-25)26(31)28-11-4-12-30-16-19(2)13-20(3)17-30/h5-10,14-15,19-20H,4,11-13,16-17H2,1-3H3,(H,28,31)(H,29,32)/b25-14+/t19-,20-/m0/s1. The predicted molar refractivity (Wildman–Crippen MR) is 136 cm³/mol. The first kappa shape index (κ1) is 23.6. The quantitative estimate of drug-likeness (QED) is 0.458. The maximum atomic E-state index is 12.6. The van der Waals surface area contributed by atoms with Gasteiger partial charge in [-0.05, 0) is 68.0 Å². The third-order valence-electron chi connectivity index (χ3n) is 6.19. The third-order valence-corrected chi connectivity index (χ3v) is 7.29. The van der Waals surface area contributed by atoms with Gasteiger partial charge in [-0.25, -0.2) is 0 Å². The number of fused-ring (bicyclic) bond motifs is 1. The van der Waals surface area contributed by atoms with Gasteiger partial charge in [-0.2, -0.15) is 0 Å². The van der Waals surface area contributed by atoms with Crippen LogP contribution in [-0.4, -0.2) is 42.9 Å². The van der Waals surface area contributed by atoms with Crippen LogP contribution >= 0.6 is 11.8 Å². The number of carbonyl (C=O) groups excluding carboxylic acids is 2. The first-order valence-electron chi connectivity index (χ1n) is 11.8. The number of nitrogens with one attached hydrogen (secondary N) is 2. The first-order chi connectivity index (χ1) is 15.9. The van der Waals surface area contributed by atoms with Crippen LogP contribution in [0.5, 0.6) is 0 Å². The molecule has 0 aliphatic carbocycles. The molecule has 2 atom stereocenters. The van der Waals surface area contributed by atoms with E-state index in [1.165, 1.54) is 23.7 Å². The van der Waals surface area contributed by atoms with Crippen LogP contribution in [-0.2, 0) is 4.79 Å². The molecule has 33 heavy (non-hydrogen) atoms. The predicted octanol–water partition coefficient (Wildman–Crippen LogP) is 5.18. The molecule has 2 aliphatic heterocycles. The molecule has 2 N–H and O–H groups in total. The van der Waals surface area contributed by atoms with Gasteiger partial charge in [0.25, 0.3) is 11.8 Å². The number of nitrogens with zero attached hydrogens (tertiary/aromatic N) is 1. The lowest BCUT2D eigenvalue weighted by Crippen LogP contribution is -2.40. The van der Waals surface area contributed by atoms with Gasteiger partial charge in [0, 0.05) is 30.1 Å². The average molecular weight is 464 g/mol. The third kappa shape index (κ3) is 6.27. The monoisotopic (exact) mass is 463 g/mol. The van der Waals surface area contributed by atoms with Crippen LogP contribution < -0.4 is 10.6 Å². The van der Waals surface area contributed by atoms with Gasteiger partial charge in [0.15, 0.2) is 0 Å². The number of benzene rings is 2. The average Bonchev–Trinajstić information content (AvgIpc) is 2.77. The maximum Gasteiger partial charge on any atom is 0.262 e. The molecule has 0 aromatic heterocycles. The number of anilines is 1. The second-order valence-corrected chi connectivity index (χ2v) is 10.6. The van der Waals surface area contributed by atoms with E-state index in [1.807, 2.05) is 49.4 Å². The fourth-order valence-corrected chi connectivity index (χ4v) is 5.63. The van der Waals surface area contributed by atoms with Crippen LogP contribution in [0.25, 0.3) is 6.08 Å². The number of piperidine rings is 1. The van der Waals surface area contributed by atoms with Gasteiger partial charge < -0.3 is 15.5 Å². The minimum atomic E-state index is -0.143. The Morgan fingerprint density at radius 2 is 1.88 bits per heavy atom. The van der Waals surface area contributed by atoms with Crippen LogP contribution in [0.2, 0.25) is 0 Å². The Kier molecular flexibility index (Phi) is 7.56. The summed E-state index contributed by atoms with van der Waals surface area (Å²) in [7, 11) is 0. The van der Waals surface area contributed by atoms with Crippen molar-refractivity contribution < 1.29 is 9.59 Å². The van der Waals surface area contributed by atoms with Crippen LogP contribution in [0.15, 0.2) is 52.3 Å². The molecule has 174 valence electrons. The van der Waals surface area contributed by atoms with Gasteiger partial charge in [0.2, 0.25) is 0 Å². The molecule has 0 spiro atoms. The molecule has 2 aromatic rings. The molecule has 1 saturated heterocycles. The van der Waals surface area contributed by atoms with E-state index in [0.717, 1.165) is 48.3 Å². The molecule has 0 bridgehead atoms. The van der Waals surface area contributed by atoms with Gasteiger partial charge in [-0.1, -0.05) is 55.4 Å². The number of carbonyl (C=O) groups is 2. The van der Waals surface area contributed by atoms with E-state index in [1.54, 1.807) is 6.07 Å². The minimum absolute atomic E-state index is 0.0987. The van der Waals surface area contributed by atoms with Crippen molar-refractivity contribution >= 4 is 35.3 Å². The lowest BCUT2D eigenvalue weighted by atomic mass is 9.92. The molecule has 0 saturated carbocycles. The van der Waals surface area contributed by atoms with Crippen molar-refractivity contribution in [1.82, 2.24) is 10.2 Å². The SMILES string of the molecule is Cc1ccc(/C=C2/Sc3ccc(C(=O)NCCCN4C[C@@H](C)C[C@H](C)C4)cc3NC2=O)cc1. The topological polar surface area (TPSA) is 61.4 Å². The molecule has 1 fully saturated rings. The fraction of sp³-hybridized carbons (Fsp3) is 0.407. The maximum absolute atomic E-state index is 12.6. The van der Waals surface area contributed by atoms with Crippen molar-refractivity contribution in [2.75, 3.05) is 31.5 Å². The molecule has 2 amide bonds. The van der Waals surface area contributed by atoms with Gasteiger partial charge >= 0.3 is 0 Å². The van der Waals surface area contributed by atoms with E-state index in [2.05, 4.69) is 29.4 Å². The summed E-state index contributed by atoms with van der Waals surface area (Å²) in [6.45, 7) is 10.7. The van der Waals surface area contributed by atoms with Crippen LogP contribution in [0.4, 0.5) is 5.69 Å². The van der Waals surface area contributed by atoms with Gasteiger partial charge in [-0.3, -0.25) is 9.59 Å². The van der Waals surface area contributed by atoms with E-state index in [0.29, 0.717) is 22.7 Å². The number of hydrogen-bond acceptors (Lipinski definition) is 4. The van der Waals surface area contributed by atoms with E-state index in [-0.39, 0.29) is 11.8 Å². The summed E-state index contributed by atoms with van der Waals surface area (Å²) in [6, 6.07) is 13.6. The molecular formula is C27H33N3O2S. The van der Waals surface area contributed by atoms with Crippen LogP contribution in [0, 0.1) is 18.8 Å². The van der Waals surface area contributed by atoms with E-state index >= 15 is 0 Å². The number of aryl methyl sites for hydroxylation is 1. The molecule has 2 aliphatic rings. The second-order valence-electron chi connectivity index (χ2n) is 9.50. The molecule has 0 radical (unpaired) electrons. The Bertz CT molecular complexity index is 1040. The van der Waals surface area contributed by atoms with Crippen molar-refractivity contribution in [1.29, 1.82) is 0 Å². The molecule has 4 rings (SSSR count). The van der Waals surface area contributed by atoms with Crippen molar-refractivity contribution in [2.45, 2.75) is 38.5 Å². The normalized spacial score (nSPS) is 22.0. The Morgan fingerprint density at radius 3 is 2.61 bits per heavy atom. The Labute approximate surface area is 201 Å². The summed E-state index contributed by atoms with van der Waals surface area (Å²) >= 11 is 1.43. The number of thioether (sulfide) groups is 1. The van der Waals surface area contributed by atoms with Crippen molar-refractivity contribution in [3.8, 4) is 0 Å². The summed E-state index contributed by atoms with van der Waals surface area (Å²) in [5.74, 6) is 1.26. The Morgan fingerprint density at radius 1 is 1.15 bits per heavy atom. The molecule has 2 aromatic carbocycles. The summed E-state index contributed by atoms with van der Waals surface area (Å²) in [4.78, 5) is 29.4. The summed E-state index contributed by atoms with van der Waals surface area (Å²) in [5.41, 5.74) is 3.44. The highest BCUT2D eigenvalue weighted by molar-refractivity contribution is 8.04. The minimum Gasteiger partial charge on any atom is -0.352 e. The lowest BCUT2D eigenvalue weighted by Gasteiger charge is -2.34. The largest absolute Gasteiger partial charge is 0.352 e. The smallest absolute Gasteiger partial charge is 0.262 e. The van der Waals surface area contributed by atoms with Gasteiger partial charge in [-0.15, -0.1) is 0 Å². The highest BCUT2D eigenvalue weighted by atomic mass is 32.2. The summed E-state index contributed by atoms with van der Waals surface area (Å²) in [6.07, 6.45) is 4.15. The van der Waals surface area contributed by atoms with E-state index < -0.39 is 0 Å². The lowest BCUT2D eigenvalue weighted by molar-refractivity contribution is -0.112. The number of hydrogen-bond donors (Lipinski definition) is 2. The van der Waals surface area contributed by atoms with Crippen LogP contribution in [0.3, 0.4) is 0 Å². The van der Waals surface area contributed by atoms with Crippen molar-refractivity contribution in [3.05, 3.63) is 64.1 Å². The molecular weight excluding hydrogens is 430 g/mol. The first-order valence-corrected chi connectivity index (χ1v) is 12.6. The molecule has 2 heterocycles. The zero-order valence-electron chi connectivity index (χ0n) is 19.7. The number of amides is 2. The zero-order chi connectivity index (χ0) is 23.4. The molecule has 6 heteroatoms. The van der Waals surface area contributed by atoms with Crippen molar-refractivity contribution in [3.63, 3.8) is 0 Å². The highest BCUT2D eigenvalue weighted by Gasteiger charge is 2.23. The number of likely N-dealkylation sites (tertiary alicyclic amines) is 1. The second kappa shape index (κ2) is 10.6. The van der Waals surface area contributed by atoms with E-state index in [9.17, 15) is 9.59 Å². The number of rotatable bonds is 6. The highest BCUT2D eigenvalue weighted by Crippen LogP contribution is 2.39.